The van der Waals surface area contributed by atoms with Gasteiger partial charge in [-0.25, -0.2) is 4.39 Å². The summed E-state index contributed by atoms with van der Waals surface area (Å²) in [5.74, 6) is 0.125. The smallest absolute Gasteiger partial charge is 0.160 e. The molecule has 1 aromatic rings. The minimum Gasteiger partial charge on any atom is -0.366 e. The van der Waals surface area contributed by atoms with Crippen molar-refractivity contribution in [1.29, 1.82) is 0 Å². The molecule has 2 nitrogen and oxygen atoms in total. The van der Waals surface area contributed by atoms with E-state index in [1.165, 1.54) is 12.1 Å². The molecule has 0 saturated carbocycles. The molecule has 15 heavy (non-hydrogen) atoms. The number of nitrogens with one attached hydrogen (secondary N) is 1. The third-order valence-electron chi connectivity index (χ3n) is 2.16. The van der Waals surface area contributed by atoms with Crippen LogP contribution in [-0.2, 0) is 0 Å². The van der Waals surface area contributed by atoms with Crippen molar-refractivity contribution in [2.24, 2.45) is 4.99 Å². The molecule has 1 unspecified atom stereocenters. The van der Waals surface area contributed by atoms with E-state index in [2.05, 4.69) is 10.3 Å². The minimum atomic E-state index is -0.589. The highest BCUT2D eigenvalue weighted by atomic mass is 35.5. The van der Waals surface area contributed by atoms with Crippen molar-refractivity contribution in [1.82, 2.24) is 5.32 Å². The van der Waals surface area contributed by atoms with E-state index in [-0.39, 0.29) is 10.0 Å². The zero-order valence-corrected chi connectivity index (χ0v) is 9.53. The summed E-state index contributed by atoms with van der Waals surface area (Å²) in [5.41, 5.74) is 0.718. The van der Waals surface area contributed by atoms with E-state index in [4.69, 9.17) is 23.2 Å². The van der Waals surface area contributed by atoms with Crippen molar-refractivity contribution in [2.45, 2.75) is 13.0 Å². The largest absolute Gasteiger partial charge is 0.366 e. The Kier molecular flexibility index (Phi) is 2.85. The molecule has 0 bridgehead atoms. The standard InChI is InChI=1S/C10H9Cl2FN2/c1-5-4-14-10(15-5)6-2-7(11)9(13)8(12)3-6/h2-3,5H,4H2,1H3,(H,14,15). The number of hydrogen-bond donors (Lipinski definition) is 1. The van der Waals surface area contributed by atoms with Crippen molar-refractivity contribution in [3.05, 3.63) is 33.6 Å². The van der Waals surface area contributed by atoms with Gasteiger partial charge in [-0.3, -0.25) is 4.99 Å². The molecule has 1 aliphatic heterocycles. The minimum absolute atomic E-state index is 0.0153. The lowest BCUT2D eigenvalue weighted by atomic mass is 10.2. The predicted octanol–water partition coefficient (Wildman–Crippen LogP) is 2.87. The Morgan fingerprint density at radius 2 is 2.00 bits per heavy atom. The van der Waals surface area contributed by atoms with Crippen LogP contribution in [0, 0.1) is 5.82 Å². The number of nitrogens with zero attached hydrogens (tertiary/aromatic N) is 1. The molecule has 1 heterocycles. The highest BCUT2D eigenvalue weighted by Gasteiger charge is 2.16. The van der Waals surface area contributed by atoms with Crippen molar-refractivity contribution < 1.29 is 4.39 Å². The van der Waals surface area contributed by atoms with Crippen LogP contribution in [0.5, 0.6) is 0 Å². The van der Waals surface area contributed by atoms with Gasteiger partial charge in [0.05, 0.1) is 16.6 Å². The van der Waals surface area contributed by atoms with Gasteiger partial charge in [0.1, 0.15) is 5.84 Å². The first-order chi connectivity index (χ1) is 7.08. The van der Waals surface area contributed by atoms with Crippen LogP contribution >= 0.6 is 23.2 Å². The fourth-order valence-electron chi connectivity index (χ4n) is 1.42. The van der Waals surface area contributed by atoms with E-state index in [0.717, 1.165) is 5.56 Å². The summed E-state index contributed by atoms with van der Waals surface area (Å²) >= 11 is 11.4. The molecule has 0 aliphatic carbocycles. The Bertz CT molecular complexity index is 408. The number of rotatable bonds is 1. The Labute approximate surface area is 97.1 Å². The van der Waals surface area contributed by atoms with E-state index >= 15 is 0 Å². The van der Waals surface area contributed by atoms with E-state index in [1.807, 2.05) is 6.92 Å². The van der Waals surface area contributed by atoms with Crippen LogP contribution in [0.2, 0.25) is 10.0 Å². The fraction of sp³-hybridized carbons (Fsp3) is 0.300. The summed E-state index contributed by atoms with van der Waals surface area (Å²) in [4.78, 5) is 4.26. The third-order valence-corrected chi connectivity index (χ3v) is 2.71. The second-order valence-electron chi connectivity index (χ2n) is 3.49. The quantitative estimate of drug-likeness (QED) is 0.758. The molecule has 0 amide bonds. The SMILES string of the molecule is CC1CN=C(c2cc(Cl)c(F)c(Cl)c2)N1. The molecule has 0 spiro atoms. The topological polar surface area (TPSA) is 24.4 Å². The highest BCUT2D eigenvalue weighted by molar-refractivity contribution is 6.35. The normalized spacial score (nSPS) is 20.0. The van der Waals surface area contributed by atoms with Crippen LogP contribution in [0.3, 0.4) is 0 Å². The van der Waals surface area contributed by atoms with Crippen LogP contribution in [0.1, 0.15) is 12.5 Å². The first-order valence-corrected chi connectivity index (χ1v) is 5.29. The molecule has 2 rings (SSSR count). The summed E-state index contributed by atoms with van der Waals surface area (Å²) in [6.07, 6.45) is 0. The van der Waals surface area contributed by atoms with Gasteiger partial charge in [-0.1, -0.05) is 23.2 Å². The van der Waals surface area contributed by atoms with E-state index < -0.39 is 5.82 Å². The summed E-state index contributed by atoms with van der Waals surface area (Å²) in [6, 6.07) is 3.34. The van der Waals surface area contributed by atoms with Gasteiger partial charge in [-0.05, 0) is 19.1 Å². The Hall–Kier alpha value is -0.800. The number of benzene rings is 1. The van der Waals surface area contributed by atoms with Gasteiger partial charge in [0.2, 0.25) is 0 Å². The third kappa shape index (κ3) is 2.08. The molecule has 0 saturated heterocycles. The fourth-order valence-corrected chi connectivity index (χ4v) is 1.91. The summed E-state index contributed by atoms with van der Waals surface area (Å²) in [5, 5.41) is 3.18. The molecule has 5 heteroatoms. The molecule has 0 aromatic heterocycles. The van der Waals surface area contributed by atoms with E-state index in [9.17, 15) is 4.39 Å². The summed E-state index contributed by atoms with van der Waals surface area (Å²) in [6.45, 7) is 2.73. The monoisotopic (exact) mass is 246 g/mol. The van der Waals surface area contributed by atoms with Crippen LogP contribution in [0.25, 0.3) is 0 Å². The van der Waals surface area contributed by atoms with Gasteiger partial charge >= 0.3 is 0 Å². The predicted molar refractivity (Wildman–Crippen MR) is 60.4 cm³/mol. The van der Waals surface area contributed by atoms with Crippen LogP contribution in [0.15, 0.2) is 17.1 Å². The number of aliphatic imine (C=N–C) groups is 1. The Morgan fingerprint density at radius 1 is 1.40 bits per heavy atom. The Morgan fingerprint density at radius 3 is 2.47 bits per heavy atom. The lowest BCUT2D eigenvalue weighted by molar-refractivity contribution is 0.628. The lowest BCUT2D eigenvalue weighted by Gasteiger charge is -2.07. The van der Waals surface area contributed by atoms with Gasteiger partial charge in [-0.15, -0.1) is 0 Å². The van der Waals surface area contributed by atoms with E-state index in [1.54, 1.807) is 0 Å². The zero-order valence-electron chi connectivity index (χ0n) is 8.02. The number of amidine groups is 1. The molecule has 0 radical (unpaired) electrons. The van der Waals surface area contributed by atoms with Crippen molar-refractivity contribution >= 4 is 29.0 Å². The molecule has 1 aromatic carbocycles. The maximum atomic E-state index is 13.2. The molecular weight excluding hydrogens is 238 g/mol. The molecule has 1 atom stereocenters. The van der Waals surface area contributed by atoms with Gasteiger partial charge in [0.15, 0.2) is 5.82 Å². The summed E-state index contributed by atoms with van der Waals surface area (Å²) < 4.78 is 13.2. The molecular formula is C10H9Cl2FN2. The number of halogens is 3. The van der Waals surface area contributed by atoms with Crippen LogP contribution < -0.4 is 5.32 Å². The number of hydrogen-bond acceptors (Lipinski definition) is 2. The van der Waals surface area contributed by atoms with Gasteiger partial charge in [0.25, 0.3) is 0 Å². The van der Waals surface area contributed by atoms with Crippen molar-refractivity contribution in [2.75, 3.05) is 6.54 Å². The second kappa shape index (κ2) is 3.99. The second-order valence-corrected chi connectivity index (χ2v) is 4.30. The molecule has 1 N–H and O–H groups in total. The van der Waals surface area contributed by atoms with Crippen LogP contribution in [-0.4, -0.2) is 18.4 Å². The highest BCUT2D eigenvalue weighted by Crippen LogP contribution is 2.25. The first-order valence-electron chi connectivity index (χ1n) is 4.54. The zero-order chi connectivity index (χ0) is 11.0. The van der Waals surface area contributed by atoms with Gasteiger partial charge in [0, 0.05) is 11.6 Å². The van der Waals surface area contributed by atoms with Gasteiger partial charge < -0.3 is 5.32 Å². The van der Waals surface area contributed by atoms with Crippen molar-refractivity contribution in [3.8, 4) is 0 Å². The average molecular weight is 247 g/mol. The summed E-state index contributed by atoms with van der Waals surface area (Å²) in [7, 11) is 0. The average Bonchev–Trinajstić information content (AvgIpc) is 2.60. The van der Waals surface area contributed by atoms with E-state index in [0.29, 0.717) is 18.4 Å². The van der Waals surface area contributed by atoms with Gasteiger partial charge in [-0.2, -0.15) is 0 Å². The maximum absolute atomic E-state index is 13.2. The Balaban J connectivity index is 2.38. The van der Waals surface area contributed by atoms with Crippen molar-refractivity contribution in [3.63, 3.8) is 0 Å². The lowest BCUT2D eigenvalue weighted by Crippen LogP contribution is -2.27. The molecule has 1 aliphatic rings. The first kappa shape index (κ1) is 10.7. The molecule has 80 valence electrons. The maximum Gasteiger partial charge on any atom is 0.160 e. The van der Waals surface area contributed by atoms with Crippen LogP contribution in [0.4, 0.5) is 4.39 Å². The molecule has 0 fully saturated rings.